The number of nitrogens with two attached hydrogens (primary N) is 1. The molecule has 2 rings (SSSR count). The van der Waals surface area contributed by atoms with Crippen molar-refractivity contribution in [3.63, 3.8) is 0 Å². The molecular formula is C19H36N2O3. The maximum atomic E-state index is 12.7. The number of carbonyl (C=O) groups excluding carboxylic acids is 1. The number of likely N-dealkylation sites (tertiary alicyclic amines) is 1. The summed E-state index contributed by atoms with van der Waals surface area (Å²) < 4.78 is 11.4. The van der Waals surface area contributed by atoms with Crippen molar-refractivity contribution < 1.29 is 14.3 Å². The van der Waals surface area contributed by atoms with Crippen LogP contribution in [0.5, 0.6) is 0 Å². The van der Waals surface area contributed by atoms with E-state index in [4.69, 9.17) is 15.2 Å². The SMILES string of the molecule is COC[C@H]1CCCN(C(=O)[C@@H](N)[C@@H](C)O[C@H](C)C2CCCCC2)C1. The van der Waals surface area contributed by atoms with E-state index in [-0.39, 0.29) is 18.1 Å². The fraction of sp³-hybridized carbons (Fsp3) is 0.947. The molecule has 140 valence electrons. The molecule has 2 aliphatic rings. The van der Waals surface area contributed by atoms with Gasteiger partial charge in [0.2, 0.25) is 5.91 Å². The average Bonchev–Trinajstić information content (AvgIpc) is 2.61. The lowest BCUT2D eigenvalue weighted by Gasteiger charge is -2.36. The van der Waals surface area contributed by atoms with E-state index in [0.717, 1.165) is 25.9 Å². The van der Waals surface area contributed by atoms with Gasteiger partial charge in [0.05, 0.1) is 18.8 Å². The summed E-state index contributed by atoms with van der Waals surface area (Å²) in [5, 5.41) is 0. The van der Waals surface area contributed by atoms with Gasteiger partial charge in [0.25, 0.3) is 0 Å². The zero-order valence-corrected chi connectivity index (χ0v) is 15.7. The maximum absolute atomic E-state index is 12.7. The fourth-order valence-corrected chi connectivity index (χ4v) is 4.19. The van der Waals surface area contributed by atoms with E-state index in [9.17, 15) is 4.79 Å². The molecule has 1 saturated carbocycles. The molecule has 0 radical (unpaired) electrons. The second kappa shape index (κ2) is 9.73. The normalized spacial score (nSPS) is 26.8. The molecule has 1 saturated heterocycles. The van der Waals surface area contributed by atoms with Crippen LogP contribution in [0.1, 0.15) is 58.8 Å². The Morgan fingerprint density at radius 1 is 1.17 bits per heavy atom. The number of methoxy groups -OCH3 is 1. The highest BCUT2D eigenvalue weighted by Gasteiger charge is 2.32. The van der Waals surface area contributed by atoms with E-state index in [1.54, 1.807) is 7.11 Å². The molecule has 0 aromatic heterocycles. The number of piperidine rings is 1. The Labute approximate surface area is 147 Å². The number of hydrogen-bond donors (Lipinski definition) is 1. The summed E-state index contributed by atoms with van der Waals surface area (Å²) in [6.07, 6.45) is 8.51. The molecule has 2 fully saturated rings. The van der Waals surface area contributed by atoms with Gasteiger partial charge in [0.1, 0.15) is 6.04 Å². The first-order valence-corrected chi connectivity index (χ1v) is 9.71. The predicted molar refractivity (Wildman–Crippen MR) is 95.7 cm³/mol. The van der Waals surface area contributed by atoms with Gasteiger partial charge in [0, 0.05) is 20.2 Å². The lowest BCUT2D eigenvalue weighted by atomic mass is 9.86. The molecule has 1 amide bonds. The lowest BCUT2D eigenvalue weighted by Crippen LogP contribution is -2.53. The summed E-state index contributed by atoms with van der Waals surface area (Å²) >= 11 is 0. The smallest absolute Gasteiger partial charge is 0.242 e. The van der Waals surface area contributed by atoms with Crippen LogP contribution < -0.4 is 5.73 Å². The summed E-state index contributed by atoms with van der Waals surface area (Å²) in [7, 11) is 1.72. The van der Waals surface area contributed by atoms with Gasteiger partial charge in [-0.2, -0.15) is 0 Å². The molecule has 1 aliphatic carbocycles. The molecule has 1 heterocycles. The molecule has 2 N–H and O–H groups in total. The van der Waals surface area contributed by atoms with Gasteiger partial charge in [-0.05, 0) is 51.4 Å². The van der Waals surface area contributed by atoms with Crippen LogP contribution in [-0.4, -0.2) is 55.9 Å². The highest BCUT2D eigenvalue weighted by Crippen LogP contribution is 2.28. The Morgan fingerprint density at radius 2 is 1.88 bits per heavy atom. The highest BCUT2D eigenvalue weighted by atomic mass is 16.5. The zero-order valence-electron chi connectivity index (χ0n) is 15.7. The fourth-order valence-electron chi connectivity index (χ4n) is 4.19. The zero-order chi connectivity index (χ0) is 17.5. The second-order valence-electron chi connectivity index (χ2n) is 7.72. The summed E-state index contributed by atoms with van der Waals surface area (Å²) in [5.41, 5.74) is 6.24. The summed E-state index contributed by atoms with van der Waals surface area (Å²) in [5.74, 6) is 1.07. The standard InChI is InChI=1S/C19H36N2O3/c1-14(17-9-5-4-6-10-17)24-15(2)18(20)19(22)21-11-7-8-16(12-21)13-23-3/h14-18H,4-13,20H2,1-3H3/t14-,15-,16+,18+/m1/s1. The van der Waals surface area contributed by atoms with E-state index in [2.05, 4.69) is 6.92 Å². The summed E-state index contributed by atoms with van der Waals surface area (Å²) in [6, 6.07) is -0.572. The molecule has 0 aromatic carbocycles. The molecule has 0 aromatic rings. The predicted octanol–water partition coefficient (Wildman–Crippen LogP) is 2.57. The third-order valence-corrected chi connectivity index (χ3v) is 5.77. The third kappa shape index (κ3) is 5.43. The van der Waals surface area contributed by atoms with Gasteiger partial charge in [-0.15, -0.1) is 0 Å². The number of amides is 1. The number of nitrogens with zero attached hydrogens (tertiary/aromatic N) is 1. The molecule has 1 aliphatic heterocycles. The van der Waals surface area contributed by atoms with Crippen molar-refractivity contribution in [2.45, 2.75) is 77.0 Å². The van der Waals surface area contributed by atoms with Crippen molar-refractivity contribution in [1.82, 2.24) is 4.90 Å². The molecule has 5 heteroatoms. The lowest BCUT2D eigenvalue weighted by molar-refractivity contribution is -0.140. The van der Waals surface area contributed by atoms with E-state index >= 15 is 0 Å². The van der Waals surface area contributed by atoms with Crippen LogP contribution in [0.25, 0.3) is 0 Å². The van der Waals surface area contributed by atoms with E-state index in [1.807, 2.05) is 11.8 Å². The Hall–Kier alpha value is -0.650. The Bertz CT molecular complexity index is 383. The molecular weight excluding hydrogens is 304 g/mol. The van der Waals surface area contributed by atoms with Crippen LogP contribution in [0.4, 0.5) is 0 Å². The van der Waals surface area contributed by atoms with Crippen molar-refractivity contribution in [1.29, 1.82) is 0 Å². The third-order valence-electron chi connectivity index (χ3n) is 5.77. The Kier molecular flexibility index (Phi) is 7.98. The second-order valence-corrected chi connectivity index (χ2v) is 7.72. The van der Waals surface area contributed by atoms with Crippen LogP contribution in [0.2, 0.25) is 0 Å². The van der Waals surface area contributed by atoms with Crippen molar-refractivity contribution in [2.75, 3.05) is 26.8 Å². The topological polar surface area (TPSA) is 64.8 Å². The average molecular weight is 341 g/mol. The first-order chi connectivity index (χ1) is 11.5. The van der Waals surface area contributed by atoms with E-state index in [1.165, 1.54) is 32.1 Å². The van der Waals surface area contributed by atoms with Gasteiger partial charge < -0.3 is 20.1 Å². The molecule has 24 heavy (non-hydrogen) atoms. The number of hydrogen-bond acceptors (Lipinski definition) is 4. The minimum atomic E-state index is -0.572. The molecule has 0 unspecified atom stereocenters. The molecule has 5 nitrogen and oxygen atoms in total. The van der Waals surface area contributed by atoms with Crippen molar-refractivity contribution in [3.8, 4) is 0 Å². The largest absolute Gasteiger partial charge is 0.384 e. The van der Waals surface area contributed by atoms with Crippen LogP contribution >= 0.6 is 0 Å². The summed E-state index contributed by atoms with van der Waals surface area (Å²) in [6.45, 7) is 6.35. The van der Waals surface area contributed by atoms with Gasteiger partial charge in [0.15, 0.2) is 0 Å². The monoisotopic (exact) mass is 340 g/mol. The number of ether oxygens (including phenoxy) is 2. The van der Waals surface area contributed by atoms with Gasteiger partial charge in [-0.1, -0.05) is 19.3 Å². The number of rotatable bonds is 7. The van der Waals surface area contributed by atoms with Crippen molar-refractivity contribution >= 4 is 5.91 Å². The van der Waals surface area contributed by atoms with E-state index < -0.39 is 6.04 Å². The first-order valence-electron chi connectivity index (χ1n) is 9.71. The molecule has 4 atom stereocenters. The Morgan fingerprint density at radius 3 is 2.54 bits per heavy atom. The Balaban J connectivity index is 1.82. The van der Waals surface area contributed by atoms with Gasteiger partial charge in [-0.25, -0.2) is 0 Å². The number of carbonyl (C=O) groups is 1. The van der Waals surface area contributed by atoms with Crippen LogP contribution in [-0.2, 0) is 14.3 Å². The van der Waals surface area contributed by atoms with Gasteiger partial charge in [-0.3, -0.25) is 4.79 Å². The van der Waals surface area contributed by atoms with Crippen LogP contribution in [0, 0.1) is 11.8 Å². The quantitative estimate of drug-likeness (QED) is 0.773. The highest BCUT2D eigenvalue weighted by molar-refractivity contribution is 5.82. The molecule has 0 spiro atoms. The van der Waals surface area contributed by atoms with Gasteiger partial charge >= 0.3 is 0 Å². The minimum Gasteiger partial charge on any atom is -0.384 e. The summed E-state index contributed by atoms with van der Waals surface area (Å²) in [4.78, 5) is 14.6. The first kappa shape index (κ1) is 19.7. The minimum absolute atomic E-state index is 0.0270. The van der Waals surface area contributed by atoms with Crippen molar-refractivity contribution in [3.05, 3.63) is 0 Å². The molecule has 0 bridgehead atoms. The van der Waals surface area contributed by atoms with Crippen LogP contribution in [0.3, 0.4) is 0 Å². The van der Waals surface area contributed by atoms with Crippen molar-refractivity contribution in [2.24, 2.45) is 17.6 Å². The van der Waals surface area contributed by atoms with E-state index in [0.29, 0.717) is 18.4 Å². The maximum Gasteiger partial charge on any atom is 0.242 e. The van der Waals surface area contributed by atoms with Crippen LogP contribution in [0.15, 0.2) is 0 Å².